The molecule has 0 aromatic carbocycles. The number of thioether (sulfide) groups is 1. The second-order valence-electron chi connectivity index (χ2n) is 6.42. The van der Waals surface area contributed by atoms with Crippen LogP contribution in [-0.2, 0) is 4.79 Å². The molecular weight excluding hydrogens is 370 g/mol. The molecular formula is C18H30ClN5OS. The number of hydrogen-bond donors (Lipinski definition) is 0. The quantitative estimate of drug-likeness (QED) is 0.361. The number of likely N-dealkylation sites (N-methyl/N-ethyl adjacent to an activating group) is 1. The Bertz CT molecular complexity index is 575. The maximum atomic E-state index is 12.4. The molecule has 1 aromatic rings. The van der Waals surface area contributed by atoms with E-state index in [-0.39, 0.29) is 5.91 Å². The minimum atomic E-state index is 0.139. The van der Waals surface area contributed by atoms with E-state index in [0.29, 0.717) is 16.1 Å². The van der Waals surface area contributed by atoms with Gasteiger partial charge < -0.3 is 14.7 Å². The summed E-state index contributed by atoms with van der Waals surface area (Å²) in [6.07, 6.45) is 1.94. The molecule has 2 rings (SSSR count). The fraction of sp³-hybridized carbons (Fsp3) is 0.722. The van der Waals surface area contributed by atoms with E-state index in [4.69, 9.17) is 11.6 Å². The summed E-state index contributed by atoms with van der Waals surface area (Å²) in [4.78, 5) is 27.9. The molecule has 8 heteroatoms. The van der Waals surface area contributed by atoms with E-state index in [0.717, 1.165) is 64.5 Å². The molecule has 1 aromatic heterocycles. The molecule has 0 unspecified atom stereocenters. The highest BCUT2D eigenvalue weighted by atomic mass is 35.5. The van der Waals surface area contributed by atoms with Crippen LogP contribution in [0, 0.1) is 0 Å². The van der Waals surface area contributed by atoms with Crippen molar-refractivity contribution in [2.75, 3.05) is 56.5 Å². The summed E-state index contributed by atoms with van der Waals surface area (Å²) >= 11 is 7.58. The lowest BCUT2D eigenvalue weighted by Crippen LogP contribution is -2.46. The molecule has 1 amide bonds. The number of nitrogens with zero attached hydrogens (tertiary/aromatic N) is 5. The van der Waals surface area contributed by atoms with Crippen LogP contribution in [0.15, 0.2) is 11.2 Å². The Labute approximate surface area is 166 Å². The van der Waals surface area contributed by atoms with Crippen molar-refractivity contribution in [1.29, 1.82) is 0 Å². The maximum absolute atomic E-state index is 12.4. The summed E-state index contributed by atoms with van der Waals surface area (Å²) in [5, 5.41) is 1.01. The van der Waals surface area contributed by atoms with Crippen molar-refractivity contribution in [2.24, 2.45) is 0 Å². The largest absolute Gasteiger partial charge is 0.354 e. The van der Waals surface area contributed by atoms with Gasteiger partial charge in [0.15, 0.2) is 5.16 Å². The highest BCUT2D eigenvalue weighted by Gasteiger charge is 2.19. The average molecular weight is 400 g/mol. The van der Waals surface area contributed by atoms with Crippen molar-refractivity contribution in [1.82, 2.24) is 19.8 Å². The van der Waals surface area contributed by atoms with Gasteiger partial charge in [-0.1, -0.05) is 44.1 Å². The zero-order valence-corrected chi connectivity index (χ0v) is 17.7. The Morgan fingerprint density at radius 3 is 2.38 bits per heavy atom. The first kappa shape index (κ1) is 21.3. The number of rotatable bonds is 9. The molecule has 1 aliphatic rings. The molecule has 0 saturated carbocycles. The summed E-state index contributed by atoms with van der Waals surface area (Å²) < 4.78 is 0. The smallest absolute Gasteiger partial charge is 0.233 e. The van der Waals surface area contributed by atoms with Crippen LogP contribution in [0.2, 0.25) is 5.15 Å². The van der Waals surface area contributed by atoms with E-state index < -0.39 is 0 Å². The van der Waals surface area contributed by atoms with Crippen LogP contribution in [0.5, 0.6) is 0 Å². The van der Waals surface area contributed by atoms with Crippen LogP contribution in [-0.4, -0.2) is 77.2 Å². The van der Waals surface area contributed by atoms with E-state index in [1.54, 1.807) is 0 Å². The van der Waals surface area contributed by atoms with Crippen molar-refractivity contribution >= 4 is 35.1 Å². The molecule has 146 valence electrons. The summed E-state index contributed by atoms with van der Waals surface area (Å²) in [7, 11) is 0. The van der Waals surface area contributed by atoms with Gasteiger partial charge in [0.2, 0.25) is 5.91 Å². The van der Waals surface area contributed by atoms with Gasteiger partial charge in [-0.2, -0.15) is 0 Å². The fourth-order valence-corrected chi connectivity index (χ4v) is 4.01. The zero-order valence-electron chi connectivity index (χ0n) is 16.1. The van der Waals surface area contributed by atoms with Crippen LogP contribution < -0.4 is 4.90 Å². The standard InChI is InChI=1S/C18H30ClN5OS/c1-4-7-24(8-5-2)17(25)14-26-18-20-15(19)13-16(21-18)23-11-9-22(6-3)10-12-23/h13H,4-12,14H2,1-3H3. The number of piperazine rings is 1. The number of carbonyl (C=O) groups is 1. The van der Waals surface area contributed by atoms with Gasteiger partial charge in [-0.05, 0) is 19.4 Å². The minimum absolute atomic E-state index is 0.139. The summed E-state index contributed by atoms with van der Waals surface area (Å²) in [6.45, 7) is 13.0. The van der Waals surface area contributed by atoms with Gasteiger partial charge in [0.1, 0.15) is 11.0 Å². The summed E-state index contributed by atoms with van der Waals surface area (Å²) in [6, 6.07) is 1.81. The molecule has 6 nitrogen and oxygen atoms in total. The van der Waals surface area contributed by atoms with Crippen LogP contribution in [0.25, 0.3) is 0 Å². The molecule has 0 spiro atoms. The van der Waals surface area contributed by atoms with Gasteiger partial charge in [0.25, 0.3) is 0 Å². The molecule has 1 fully saturated rings. The highest BCUT2D eigenvalue weighted by Crippen LogP contribution is 2.23. The first-order valence-corrected chi connectivity index (χ1v) is 10.9. The van der Waals surface area contributed by atoms with E-state index in [9.17, 15) is 4.79 Å². The minimum Gasteiger partial charge on any atom is -0.354 e. The topological polar surface area (TPSA) is 52.6 Å². The monoisotopic (exact) mass is 399 g/mol. The first-order chi connectivity index (χ1) is 12.6. The number of anilines is 1. The van der Waals surface area contributed by atoms with Gasteiger partial charge in [-0.25, -0.2) is 9.97 Å². The Morgan fingerprint density at radius 1 is 1.15 bits per heavy atom. The zero-order chi connectivity index (χ0) is 18.9. The second-order valence-corrected chi connectivity index (χ2v) is 7.75. The molecule has 2 heterocycles. The molecule has 0 bridgehead atoms. The lowest BCUT2D eigenvalue weighted by atomic mass is 10.3. The number of carbonyl (C=O) groups excluding carboxylic acids is 1. The maximum Gasteiger partial charge on any atom is 0.233 e. The predicted octanol–water partition coefficient (Wildman–Crippen LogP) is 3.01. The Kier molecular flexibility index (Phi) is 8.95. The molecule has 0 N–H and O–H groups in total. The van der Waals surface area contributed by atoms with Gasteiger partial charge in [-0.3, -0.25) is 4.79 Å². The molecule has 1 aliphatic heterocycles. The number of halogens is 1. The lowest BCUT2D eigenvalue weighted by Gasteiger charge is -2.34. The van der Waals surface area contributed by atoms with Crippen LogP contribution in [0.1, 0.15) is 33.6 Å². The second kappa shape index (κ2) is 10.9. The van der Waals surface area contributed by atoms with E-state index in [2.05, 4.69) is 40.5 Å². The van der Waals surface area contributed by atoms with Crippen molar-refractivity contribution in [3.8, 4) is 0 Å². The molecule has 0 radical (unpaired) electrons. The number of hydrogen-bond acceptors (Lipinski definition) is 6. The molecule has 1 saturated heterocycles. The van der Waals surface area contributed by atoms with Crippen molar-refractivity contribution in [2.45, 2.75) is 38.8 Å². The average Bonchev–Trinajstić information content (AvgIpc) is 2.65. The van der Waals surface area contributed by atoms with E-state index in [1.165, 1.54) is 11.8 Å². The van der Waals surface area contributed by atoms with Gasteiger partial charge in [0.05, 0.1) is 5.75 Å². The van der Waals surface area contributed by atoms with Gasteiger partial charge in [-0.15, -0.1) is 0 Å². The molecule has 26 heavy (non-hydrogen) atoms. The third-order valence-electron chi connectivity index (χ3n) is 4.47. The van der Waals surface area contributed by atoms with E-state index in [1.807, 2.05) is 11.0 Å². The first-order valence-electron chi connectivity index (χ1n) is 9.49. The van der Waals surface area contributed by atoms with Crippen LogP contribution in [0.3, 0.4) is 0 Å². The Balaban J connectivity index is 1.97. The third-order valence-corrected chi connectivity index (χ3v) is 5.49. The van der Waals surface area contributed by atoms with Crippen molar-refractivity contribution < 1.29 is 4.79 Å². The van der Waals surface area contributed by atoms with Crippen LogP contribution >= 0.6 is 23.4 Å². The Morgan fingerprint density at radius 2 is 1.81 bits per heavy atom. The normalized spacial score (nSPS) is 15.3. The van der Waals surface area contributed by atoms with Crippen LogP contribution in [0.4, 0.5) is 5.82 Å². The van der Waals surface area contributed by atoms with Crippen molar-refractivity contribution in [3.05, 3.63) is 11.2 Å². The fourth-order valence-electron chi connectivity index (χ4n) is 3.02. The lowest BCUT2D eigenvalue weighted by molar-refractivity contribution is -0.128. The van der Waals surface area contributed by atoms with Gasteiger partial charge in [0, 0.05) is 45.3 Å². The Hall–Kier alpha value is -1.05. The third kappa shape index (κ3) is 6.28. The predicted molar refractivity (Wildman–Crippen MR) is 109 cm³/mol. The highest BCUT2D eigenvalue weighted by molar-refractivity contribution is 7.99. The van der Waals surface area contributed by atoms with Gasteiger partial charge >= 0.3 is 0 Å². The number of aromatic nitrogens is 2. The molecule has 0 atom stereocenters. The molecule has 0 aliphatic carbocycles. The van der Waals surface area contributed by atoms with E-state index >= 15 is 0 Å². The van der Waals surface area contributed by atoms with Crippen molar-refractivity contribution in [3.63, 3.8) is 0 Å². The SMILES string of the molecule is CCCN(CCC)C(=O)CSc1nc(Cl)cc(N2CCN(CC)CC2)n1. The summed E-state index contributed by atoms with van der Waals surface area (Å²) in [5.74, 6) is 1.35. The number of amides is 1. The summed E-state index contributed by atoms with van der Waals surface area (Å²) in [5.41, 5.74) is 0.